The molecule has 0 fully saturated rings. The highest BCUT2D eigenvalue weighted by molar-refractivity contribution is 6.05. The Balaban J connectivity index is 1.85. The third-order valence-corrected chi connectivity index (χ3v) is 2.96. The lowest BCUT2D eigenvalue weighted by molar-refractivity contribution is 0.104. The zero-order chi connectivity index (χ0) is 13.8. The molecule has 96 valence electrons. The molecule has 0 bridgehead atoms. The van der Waals surface area contributed by atoms with E-state index in [1.807, 2.05) is 30.3 Å². The van der Waals surface area contributed by atoms with Gasteiger partial charge in [-0.1, -0.05) is 24.3 Å². The minimum absolute atomic E-state index is 0.112. The molecule has 1 aromatic carbocycles. The van der Waals surface area contributed by atoms with Gasteiger partial charge in [-0.05, 0) is 42.0 Å². The van der Waals surface area contributed by atoms with Crippen LogP contribution in [0.2, 0.25) is 0 Å². The maximum absolute atomic E-state index is 11.9. The molecule has 2 heterocycles. The van der Waals surface area contributed by atoms with Crippen LogP contribution < -0.4 is 0 Å². The number of rotatable bonds is 3. The van der Waals surface area contributed by atoms with E-state index in [1.165, 1.54) is 6.08 Å². The van der Waals surface area contributed by atoms with Crippen molar-refractivity contribution in [2.45, 2.75) is 0 Å². The van der Waals surface area contributed by atoms with Gasteiger partial charge in [-0.25, -0.2) is 0 Å². The minimum Gasteiger partial charge on any atom is -0.288 e. The van der Waals surface area contributed by atoms with Gasteiger partial charge in [0.2, 0.25) is 5.78 Å². The summed E-state index contributed by atoms with van der Waals surface area (Å²) < 4.78 is 0. The Bertz CT molecular complexity index is 779. The fourth-order valence-electron chi connectivity index (χ4n) is 1.95. The number of ketones is 1. The van der Waals surface area contributed by atoms with Crippen molar-refractivity contribution in [3.63, 3.8) is 0 Å². The standard InChI is InChI=1S/C17H12N2O/c20-17(16-7-3-4-10-18-16)9-8-13-11-14-5-1-2-6-15(14)19-12-13/h1-12H/b9-8+. The topological polar surface area (TPSA) is 42.9 Å². The van der Waals surface area contributed by atoms with E-state index in [0.717, 1.165) is 16.5 Å². The predicted molar refractivity (Wildman–Crippen MR) is 79.3 cm³/mol. The van der Waals surface area contributed by atoms with Crippen molar-refractivity contribution in [1.82, 2.24) is 9.97 Å². The summed E-state index contributed by atoms with van der Waals surface area (Å²) in [6, 6.07) is 15.2. The van der Waals surface area contributed by atoms with Gasteiger partial charge in [0.1, 0.15) is 5.69 Å². The molecule has 0 amide bonds. The summed E-state index contributed by atoms with van der Waals surface area (Å²) >= 11 is 0. The number of fused-ring (bicyclic) bond motifs is 1. The molecule has 0 spiro atoms. The number of hydrogen-bond donors (Lipinski definition) is 0. The van der Waals surface area contributed by atoms with E-state index in [4.69, 9.17) is 0 Å². The lowest BCUT2D eigenvalue weighted by Crippen LogP contribution is -1.96. The summed E-state index contributed by atoms with van der Waals surface area (Å²) in [5.74, 6) is -0.112. The zero-order valence-electron chi connectivity index (χ0n) is 10.7. The van der Waals surface area contributed by atoms with Crippen molar-refractivity contribution in [2.24, 2.45) is 0 Å². The quantitative estimate of drug-likeness (QED) is 0.534. The van der Waals surface area contributed by atoms with Crippen LogP contribution >= 0.6 is 0 Å². The van der Waals surface area contributed by atoms with Crippen molar-refractivity contribution in [1.29, 1.82) is 0 Å². The van der Waals surface area contributed by atoms with Gasteiger partial charge in [0.25, 0.3) is 0 Å². The molecule has 2 aromatic heterocycles. The average molecular weight is 260 g/mol. The number of carbonyl (C=O) groups excluding carboxylic acids is 1. The van der Waals surface area contributed by atoms with Crippen LogP contribution in [0.4, 0.5) is 0 Å². The SMILES string of the molecule is O=C(/C=C/c1cnc2ccccc2c1)c1ccccn1. The molecule has 3 heteroatoms. The van der Waals surface area contributed by atoms with Gasteiger partial charge in [-0.2, -0.15) is 0 Å². The largest absolute Gasteiger partial charge is 0.288 e. The molecule has 0 saturated heterocycles. The number of hydrogen-bond acceptors (Lipinski definition) is 3. The van der Waals surface area contributed by atoms with E-state index < -0.39 is 0 Å². The van der Waals surface area contributed by atoms with Crippen molar-refractivity contribution in [2.75, 3.05) is 0 Å². The second-order valence-corrected chi connectivity index (χ2v) is 4.37. The van der Waals surface area contributed by atoms with E-state index >= 15 is 0 Å². The molecule has 0 saturated carbocycles. The predicted octanol–water partition coefficient (Wildman–Crippen LogP) is 3.53. The van der Waals surface area contributed by atoms with Crippen molar-refractivity contribution in [3.05, 3.63) is 78.3 Å². The van der Waals surface area contributed by atoms with Crippen molar-refractivity contribution in [3.8, 4) is 0 Å². The van der Waals surface area contributed by atoms with Gasteiger partial charge < -0.3 is 0 Å². The maximum atomic E-state index is 11.9. The van der Waals surface area contributed by atoms with Crippen LogP contribution in [0.1, 0.15) is 16.1 Å². The Hall–Kier alpha value is -2.81. The molecule has 0 aliphatic heterocycles. The number of nitrogens with zero attached hydrogens (tertiary/aromatic N) is 2. The summed E-state index contributed by atoms with van der Waals surface area (Å²) in [6.45, 7) is 0. The second kappa shape index (κ2) is 5.45. The summed E-state index contributed by atoms with van der Waals surface area (Å²) in [6.07, 6.45) is 6.65. The first-order valence-corrected chi connectivity index (χ1v) is 6.31. The van der Waals surface area contributed by atoms with Crippen LogP contribution in [-0.2, 0) is 0 Å². The lowest BCUT2D eigenvalue weighted by Gasteiger charge is -1.98. The van der Waals surface area contributed by atoms with Gasteiger partial charge >= 0.3 is 0 Å². The molecule has 20 heavy (non-hydrogen) atoms. The van der Waals surface area contributed by atoms with Gasteiger partial charge in [0, 0.05) is 17.8 Å². The summed E-state index contributed by atoms with van der Waals surface area (Å²) in [4.78, 5) is 20.3. The van der Waals surface area contributed by atoms with E-state index in [1.54, 1.807) is 36.7 Å². The number of aromatic nitrogens is 2. The van der Waals surface area contributed by atoms with Gasteiger partial charge in [0.15, 0.2) is 0 Å². The molecular weight excluding hydrogens is 248 g/mol. The highest BCUT2D eigenvalue weighted by Crippen LogP contribution is 2.13. The summed E-state index contributed by atoms with van der Waals surface area (Å²) in [5.41, 5.74) is 2.28. The monoisotopic (exact) mass is 260 g/mol. The second-order valence-electron chi connectivity index (χ2n) is 4.37. The minimum atomic E-state index is -0.112. The molecule has 0 aliphatic carbocycles. The first kappa shape index (κ1) is 12.2. The lowest BCUT2D eigenvalue weighted by atomic mass is 10.1. The smallest absolute Gasteiger partial charge is 0.204 e. The van der Waals surface area contributed by atoms with Crippen molar-refractivity contribution < 1.29 is 4.79 Å². The number of pyridine rings is 2. The highest BCUT2D eigenvalue weighted by Gasteiger charge is 2.01. The number of para-hydroxylation sites is 1. The van der Waals surface area contributed by atoms with Crippen LogP contribution in [0.3, 0.4) is 0 Å². The Morgan fingerprint density at radius 2 is 1.85 bits per heavy atom. The van der Waals surface area contributed by atoms with Crippen LogP contribution in [-0.4, -0.2) is 15.8 Å². The first-order valence-electron chi connectivity index (χ1n) is 6.31. The normalized spacial score (nSPS) is 11.0. The first-order chi connectivity index (χ1) is 9.83. The summed E-state index contributed by atoms with van der Waals surface area (Å²) in [5, 5.41) is 1.06. The molecule has 0 radical (unpaired) electrons. The zero-order valence-corrected chi connectivity index (χ0v) is 10.7. The maximum Gasteiger partial charge on any atom is 0.204 e. The average Bonchev–Trinajstić information content (AvgIpc) is 2.53. The Morgan fingerprint density at radius 1 is 1.00 bits per heavy atom. The van der Waals surface area contributed by atoms with Gasteiger partial charge in [-0.15, -0.1) is 0 Å². The van der Waals surface area contributed by atoms with Crippen LogP contribution in [0.25, 0.3) is 17.0 Å². The van der Waals surface area contributed by atoms with E-state index in [-0.39, 0.29) is 5.78 Å². The van der Waals surface area contributed by atoms with E-state index in [9.17, 15) is 4.79 Å². The van der Waals surface area contributed by atoms with Gasteiger partial charge in [0.05, 0.1) is 5.52 Å². The molecule has 3 nitrogen and oxygen atoms in total. The van der Waals surface area contributed by atoms with Crippen molar-refractivity contribution >= 4 is 22.8 Å². The van der Waals surface area contributed by atoms with Crippen LogP contribution in [0, 0.1) is 0 Å². The molecule has 3 rings (SSSR count). The third-order valence-electron chi connectivity index (χ3n) is 2.96. The highest BCUT2D eigenvalue weighted by atomic mass is 16.1. The molecule has 0 aliphatic rings. The van der Waals surface area contributed by atoms with Crippen LogP contribution in [0.15, 0.2) is 67.0 Å². The fraction of sp³-hybridized carbons (Fsp3) is 0. The Kier molecular flexibility index (Phi) is 3.33. The fourth-order valence-corrected chi connectivity index (χ4v) is 1.95. The Labute approximate surface area is 116 Å². The third kappa shape index (κ3) is 2.62. The molecule has 3 aromatic rings. The Morgan fingerprint density at radius 3 is 2.70 bits per heavy atom. The van der Waals surface area contributed by atoms with E-state index in [0.29, 0.717) is 5.69 Å². The molecule has 0 atom stereocenters. The number of benzene rings is 1. The van der Waals surface area contributed by atoms with Gasteiger partial charge in [-0.3, -0.25) is 14.8 Å². The molecule has 0 N–H and O–H groups in total. The van der Waals surface area contributed by atoms with E-state index in [2.05, 4.69) is 9.97 Å². The number of allylic oxidation sites excluding steroid dienone is 1. The molecule has 0 unspecified atom stereocenters. The molecular formula is C17H12N2O. The number of carbonyl (C=O) groups is 1. The summed E-state index contributed by atoms with van der Waals surface area (Å²) in [7, 11) is 0. The van der Waals surface area contributed by atoms with Crippen LogP contribution in [0.5, 0.6) is 0 Å².